The van der Waals surface area contributed by atoms with Gasteiger partial charge in [0.2, 0.25) is 5.91 Å². The zero-order valence-corrected chi connectivity index (χ0v) is 17.2. The molecule has 2 rings (SSSR count). The van der Waals surface area contributed by atoms with Gasteiger partial charge in [0.25, 0.3) is 0 Å². The lowest BCUT2D eigenvalue weighted by Gasteiger charge is -2.16. The first-order chi connectivity index (χ1) is 12.9. The van der Waals surface area contributed by atoms with E-state index in [1.807, 2.05) is 50.2 Å². The van der Waals surface area contributed by atoms with Crippen molar-refractivity contribution in [3.05, 3.63) is 59.7 Å². The van der Waals surface area contributed by atoms with Crippen molar-refractivity contribution in [2.24, 2.45) is 5.92 Å². The molecule has 27 heavy (non-hydrogen) atoms. The summed E-state index contributed by atoms with van der Waals surface area (Å²) in [6.45, 7) is 8.75. The monoisotopic (exact) mass is 384 g/mol. The number of carbonyl (C=O) groups is 1. The molecule has 2 aromatic rings. The SMILES string of the molecule is CCOc1ccccc1NC(=S)NC(=O)C(C)c1ccc(CC(C)C)cc1. The maximum absolute atomic E-state index is 12.5. The standard InChI is InChI=1S/C22H28N2O2S/c1-5-26-20-9-7-6-8-19(20)23-22(27)24-21(25)16(4)18-12-10-17(11-13-18)14-15(2)3/h6-13,15-16H,5,14H2,1-4H3,(H2,23,24,25,27). The molecular formula is C22H28N2O2S. The predicted octanol–water partition coefficient (Wildman–Crippen LogP) is 4.90. The van der Waals surface area contributed by atoms with Crippen molar-refractivity contribution in [3.8, 4) is 5.75 Å². The summed E-state index contributed by atoms with van der Waals surface area (Å²) in [5.41, 5.74) is 2.99. The van der Waals surface area contributed by atoms with Gasteiger partial charge in [-0.25, -0.2) is 0 Å². The molecule has 0 saturated carbocycles. The molecule has 0 aliphatic rings. The van der Waals surface area contributed by atoms with Crippen molar-refractivity contribution in [2.75, 3.05) is 11.9 Å². The van der Waals surface area contributed by atoms with Crippen molar-refractivity contribution < 1.29 is 9.53 Å². The maximum atomic E-state index is 12.5. The molecule has 2 aromatic carbocycles. The van der Waals surface area contributed by atoms with Crippen LogP contribution in [0.15, 0.2) is 48.5 Å². The fourth-order valence-electron chi connectivity index (χ4n) is 2.79. The van der Waals surface area contributed by atoms with E-state index in [-0.39, 0.29) is 16.9 Å². The molecular weight excluding hydrogens is 356 g/mol. The van der Waals surface area contributed by atoms with E-state index in [1.54, 1.807) is 0 Å². The quantitative estimate of drug-likeness (QED) is 0.667. The van der Waals surface area contributed by atoms with Gasteiger partial charge in [-0.2, -0.15) is 0 Å². The molecule has 1 atom stereocenters. The van der Waals surface area contributed by atoms with Crippen LogP contribution in [0.4, 0.5) is 5.69 Å². The molecule has 2 N–H and O–H groups in total. The first-order valence-electron chi connectivity index (χ1n) is 9.33. The zero-order valence-electron chi connectivity index (χ0n) is 16.4. The van der Waals surface area contributed by atoms with Crippen molar-refractivity contribution in [3.63, 3.8) is 0 Å². The smallest absolute Gasteiger partial charge is 0.233 e. The fraction of sp³-hybridized carbons (Fsp3) is 0.364. The second-order valence-electron chi connectivity index (χ2n) is 6.93. The molecule has 0 fully saturated rings. The van der Waals surface area contributed by atoms with Crippen LogP contribution in [0.2, 0.25) is 0 Å². The number of nitrogens with one attached hydrogen (secondary N) is 2. The molecule has 0 aliphatic carbocycles. The van der Waals surface area contributed by atoms with Crippen LogP contribution in [0, 0.1) is 5.92 Å². The molecule has 1 unspecified atom stereocenters. The minimum atomic E-state index is -0.292. The molecule has 0 heterocycles. The first kappa shape index (κ1) is 20.9. The Hall–Kier alpha value is -2.40. The van der Waals surface area contributed by atoms with E-state index >= 15 is 0 Å². The van der Waals surface area contributed by atoms with Crippen molar-refractivity contribution in [1.82, 2.24) is 5.32 Å². The number of carbonyl (C=O) groups excluding carboxylic acids is 1. The summed E-state index contributed by atoms with van der Waals surface area (Å²) in [5, 5.41) is 6.07. The number of anilines is 1. The third-order valence-electron chi connectivity index (χ3n) is 4.19. The third kappa shape index (κ3) is 6.36. The number of ether oxygens (including phenoxy) is 1. The van der Waals surface area contributed by atoms with Gasteiger partial charge in [0.05, 0.1) is 18.2 Å². The number of benzene rings is 2. The molecule has 0 bridgehead atoms. The van der Waals surface area contributed by atoms with Crippen LogP contribution in [-0.2, 0) is 11.2 Å². The Kier molecular flexibility index (Phi) is 7.80. The van der Waals surface area contributed by atoms with Crippen molar-refractivity contribution in [2.45, 2.75) is 40.0 Å². The van der Waals surface area contributed by atoms with E-state index in [0.717, 1.165) is 17.7 Å². The minimum absolute atomic E-state index is 0.141. The lowest BCUT2D eigenvalue weighted by Crippen LogP contribution is -2.36. The summed E-state index contributed by atoms with van der Waals surface area (Å²) in [4.78, 5) is 12.5. The Balaban J connectivity index is 1.96. The van der Waals surface area contributed by atoms with Gasteiger partial charge < -0.3 is 15.4 Å². The summed E-state index contributed by atoms with van der Waals surface area (Å²) in [6.07, 6.45) is 1.04. The Morgan fingerprint density at radius 2 is 1.74 bits per heavy atom. The Labute approximate surface area is 167 Å². The van der Waals surface area contributed by atoms with Crippen molar-refractivity contribution in [1.29, 1.82) is 0 Å². The molecule has 0 aromatic heterocycles. The van der Waals surface area contributed by atoms with Gasteiger partial charge in [-0.3, -0.25) is 4.79 Å². The second-order valence-corrected chi connectivity index (χ2v) is 7.34. The number of rotatable bonds is 7. The largest absolute Gasteiger partial charge is 0.492 e. The minimum Gasteiger partial charge on any atom is -0.492 e. The molecule has 0 spiro atoms. The predicted molar refractivity (Wildman–Crippen MR) is 115 cm³/mol. The van der Waals surface area contributed by atoms with Gasteiger partial charge in [-0.15, -0.1) is 0 Å². The highest BCUT2D eigenvalue weighted by Gasteiger charge is 2.17. The number of para-hydroxylation sites is 2. The fourth-order valence-corrected chi connectivity index (χ4v) is 3.00. The molecule has 1 amide bonds. The number of hydrogen-bond acceptors (Lipinski definition) is 3. The first-order valence-corrected chi connectivity index (χ1v) is 9.74. The summed E-state index contributed by atoms with van der Waals surface area (Å²) >= 11 is 5.29. The van der Waals surface area contributed by atoms with Crippen LogP contribution < -0.4 is 15.4 Å². The highest BCUT2D eigenvalue weighted by atomic mass is 32.1. The molecule has 0 saturated heterocycles. The number of amides is 1. The lowest BCUT2D eigenvalue weighted by molar-refractivity contribution is -0.120. The average Bonchev–Trinajstić information content (AvgIpc) is 2.63. The summed E-state index contributed by atoms with van der Waals surface area (Å²) in [6, 6.07) is 15.7. The van der Waals surface area contributed by atoms with E-state index in [0.29, 0.717) is 18.3 Å². The molecule has 0 radical (unpaired) electrons. The van der Waals surface area contributed by atoms with E-state index in [2.05, 4.69) is 36.6 Å². The normalized spacial score (nSPS) is 11.7. The molecule has 0 aliphatic heterocycles. The van der Waals surface area contributed by atoms with Crippen LogP contribution in [0.25, 0.3) is 0 Å². The van der Waals surface area contributed by atoms with Crippen LogP contribution >= 0.6 is 12.2 Å². The van der Waals surface area contributed by atoms with Gasteiger partial charge in [-0.1, -0.05) is 50.2 Å². The van der Waals surface area contributed by atoms with Crippen LogP contribution in [0.5, 0.6) is 5.75 Å². The van der Waals surface area contributed by atoms with Gasteiger partial charge in [-0.05, 0) is 61.7 Å². The molecule has 5 heteroatoms. The van der Waals surface area contributed by atoms with Gasteiger partial charge in [0.1, 0.15) is 5.75 Å². The second kappa shape index (κ2) is 10.1. The van der Waals surface area contributed by atoms with E-state index < -0.39 is 0 Å². The average molecular weight is 385 g/mol. The highest BCUT2D eigenvalue weighted by Crippen LogP contribution is 2.23. The maximum Gasteiger partial charge on any atom is 0.233 e. The third-order valence-corrected chi connectivity index (χ3v) is 4.39. The van der Waals surface area contributed by atoms with Gasteiger partial charge in [0, 0.05) is 0 Å². The topological polar surface area (TPSA) is 50.4 Å². The molecule has 4 nitrogen and oxygen atoms in total. The number of hydrogen-bond donors (Lipinski definition) is 2. The Morgan fingerprint density at radius 3 is 2.37 bits per heavy atom. The van der Waals surface area contributed by atoms with Crippen molar-refractivity contribution >= 4 is 28.9 Å². The molecule has 144 valence electrons. The van der Waals surface area contributed by atoms with Gasteiger partial charge >= 0.3 is 0 Å². The van der Waals surface area contributed by atoms with E-state index in [1.165, 1.54) is 5.56 Å². The lowest BCUT2D eigenvalue weighted by atomic mass is 9.96. The Bertz CT molecular complexity index is 772. The van der Waals surface area contributed by atoms with Crippen LogP contribution in [-0.4, -0.2) is 17.6 Å². The summed E-state index contributed by atoms with van der Waals surface area (Å²) in [7, 11) is 0. The van der Waals surface area contributed by atoms with Crippen LogP contribution in [0.3, 0.4) is 0 Å². The van der Waals surface area contributed by atoms with E-state index in [9.17, 15) is 4.79 Å². The van der Waals surface area contributed by atoms with Crippen LogP contribution in [0.1, 0.15) is 44.7 Å². The zero-order chi connectivity index (χ0) is 19.8. The summed E-state index contributed by atoms with van der Waals surface area (Å²) in [5.74, 6) is 0.878. The summed E-state index contributed by atoms with van der Waals surface area (Å²) < 4.78 is 5.56. The van der Waals surface area contributed by atoms with E-state index in [4.69, 9.17) is 17.0 Å². The number of thiocarbonyl (C=S) groups is 1. The highest BCUT2D eigenvalue weighted by molar-refractivity contribution is 7.80. The Morgan fingerprint density at radius 1 is 1.07 bits per heavy atom. The van der Waals surface area contributed by atoms with Gasteiger partial charge in [0.15, 0.2) is 5.11 Å².